The number of likely N-dealkylation sites (N-methyl/N-ethyl adjacent to an activating group) is 1. The molecule has 0 atom stereocenters. The van der Waals surface area contributed by atoms with E-state index >= 15 is 0 Å². The number of pyridine rings is 1. The molecule has 0 saturated carbocycles. The lowest BCUT2D eigenvalue weighted by atomic mass is 10.2. The third-order valence-electron chi connectivity index (χ3n) is 3.11. The van der Waals surface area contributed by atoms with Crippen LogP contribution in [-0.4, -0.2) is 17.4 Å². The third kappa shape index (κ3) is 3.35. The zero-order valence-corrected chi connectivity index (χ0v) is 11.8. The van der Waals surface area contributed by atoms with Crippen LogP contribution in [0, 0.1) is 6.92 Å². The number of rotatable bonds is 4. The molecule has 1 aromatic heterocycles. The Kier molecular flexibility index (Phi) is 4.35. The van der Waals surface area contributed by atoms with Gasteiger partial charge < -0.3 is 10.6 Å². The average Bonchev–Trinajstić information content (AvgIpc) is 2.42. The van der Waals surface area contributed by atoms with E-state index in [0.717, 1.165) is 16.9 Å². The number of hydrogen-bond acceptors (Lipinski definition) is 3. The van der Waals surface area contributed by atoms with Crippen LogP contribution in [0.15, 0.2) is 42.6 Å². The molecule has 2 rings (SSSR count). The summed E-state index contributed by atoms with van der Waals surface area (Å²) in [6.45, 7) is 4.62. The topological polar surface area (TPSA) is 59.2 Å². The normalized spacial score (nSPS) is 10.3. The highest BCUT2D eigenvalue weighted by atomic mass is 16.2. The summed E-state index contributed by atoms with van der Waals surface area (Å²) in [6.07, 6.45) is 1.85. The summed E-state index contributed by atoms with van der Waals surface area (Å²) >= 11 is 0. The molecular formula is C16H19N3O. The standard InChI is InChI=1S/C16H19N3O/c1-3-19(15-6-4-5-12(2)9-15)16(20)10-14-8-7-13(17)11-18-14/h4-9,11H,3,10,17H2,1-2H3. The van der Waals surface area contributed by atoms with Gasteiger partial charge in [-0.25, -0.2) is 0 Å². The van der Waals surface area contributed by atoms with Gasteiger partial charge in [-0.1, -0.05) is 12.1 Å². The summed E-state index contributed by atoms with van der Waals surface area (Å²) in [6, 6.07) is 11.5. The predicted molar refractivity (Wildman–Crippen MR) is 81.6 cm³/mol. The minimum atomic E-state index is 0.0374. The van der Waals surface area contributed by atoms with Gasteiger partial charge in [0, 0.05) is 17.9 Å². The summed E-state index contributed by atoms with van der Waals surface area (Å²) in [5, 5.41) is 0. The Morgan fingerprint density at radius 2 is 2.10 bits per heavy atom. The molecule has 0 spiro atoms. The lowest BCUT2D eigenvalue weighted by Crippen LogP contribution is -2.32. The molecule has 0 aliphatic carbocycles. The lowest BCUT2D eigenvalue weighted by Gasteiger charge is -2.21. The SMILES string of the molecule is CCN(C(=O)Cc1ccc(N)cn1)c1cccc(C)c1. The molecule has 0 unspecified atom stereocenters. The van der Waals surface area contributed by atoms with E-state index in [9.17, 15) is 4.79 Å². The monoisotopic (exact) mass is 269 g/mol. The van der Waals surface area contributed by atoms with E-state index in [1.165, 1.54) is 0 Å². The second kappa shape index (κ2) is 6.19. The van der Waals surface area contributed by atoms with Crippen LogP contribution in [0.4, 0.5) is 11.4 Å². The van der Waals surface area contributed by atoms with E-state index in [0.29, 0.717) is 12.2 Å². The molecule has 0 fully saturated rings. The van der Waals surface area contributed by atoms with Crippen molar-refractivity contribution in [3.63, 3.8) is 0 Å². The smallest absolute Gasteiger partial charge is 0.232 e. The first-order chi connectivity index (χ1) is 9.60. The number of benzene rings is 1. The first kappa shape index (κ1) is 14.1. The van der Waals surface area contributed by atoms with E-state index in [2.05, 4.69) is 4.98 Å². The van der Waals surface area contributed by atoms with E-state index in [1.807, 2.05) is 38.1 Å². The number of aromatic nitrogens is 1. The molecule has 4 nitrogen and oxygen atoms in total. The van der Waals surface area contributed by atoms with Gasteiger partial charge in [-0.05, 0) is 43.7 Å². The fraction of sp³-hybridized carbons (Fsp3) is 0.250. The van der Waals surface area contributed by atoms with Crippen molar-refractivity contribution < 1.29 is 4.79 Å². The minimum absolute atomic E-state index is 0.0374. The molecule has 0 aliphatic heterocycles. The molecule has 4 heteroatoms. The number of carbonyl (C=O) groups is 1. The first-order valence-corrected chi connectivity index (χ1v) is 6.67. The van der Waals surface area contributed by atoms with Crippen molar-refractivity contribution in [2.75, 3.05) is 17.2 Å². The van der Waals surface area contributed by atoms with E-state index in [1.54, 1.807) is 23.2 Å². The van der Waals surface area contributed by atoms with Crippen LogP contribution in [0.5, 0.6) is 0 Å². The highest BCUT2D eigenvalue weighted by Crippen LogP contribution is 2.17. The van der Waals surface area contributed by atoms with Crippen molar-refractivity contribution >= 4 is 17.3 Å². The molecule has 0 radical (unpaired) electrons. The second-order valence-electron chi connectivity index (χ2n) is 4.74. The molecule has 2 N–H and O–H groups in total. The van der Waals surface area contributed by atoms with Crippen molar-refractivity contribution in [2.24, 2.45) is 0 Å². The van der Waals surface area contributed by atoms with Gasteiger partial charge in [-0.15, -0.1) is 0 Å². The van der Waals surface area contributed by atoms with Crippen LogP contribution in [0.25, 0.3) is 0 Å². The number of nitrogens with two attached hydrogens (primary N) is 1. The Morgan fingerprint density at radius 1 is 1.30 bits per heavy atom. The Bertz CT molecular complexity index is 593. The van der Waals surface area contributed by atoms with Gasteiger partial charge in [-0.3, -0.25) is 9.78 Å². The molecule has 0 aliphatic rings. The Hall–Kier alpha value is -2.36. The maximum absolute atomic E-state index is 12.4. The van der Waals surface area contributed by atoms with Crippen LogP contribution in [0.2, 0.25) is 0 Å². The van der Waals surface area contributed by atoms with E-state index in [4.69, 9.17) is 5.73 Å². The molecule has 0 saturated heterocycles. The summed E-state index contributed by atoms with van der Waals surface area (Å²) in [4.78, 5) is 18.3. The molecule has 104 valence electrons. The first-order valence-electron chi connectivity index (χ1n) is 6.67. The number of carbonyl (C=O) groups excluding carboxylic acids is 1. The van der Waals surface area contributed by atoms with Gasteiger partial charge in [-0.2, -0.15) is 0 Å². The van der Waals surface area contributed by atoms with Crippen LogP contribution in [-0.2, 0) is 11.2 Å². The fourth-order valence-corrected chi connectivity index (χ4v) is 2.09. The van der Waals surface area contributed by atoms with Crippen LogP contribution in [0.3, 0.4) is 0 Å². The summed E-state index contributed by atoms with van der Waals surface area (Å²) in [7, 11) is 0. The maximum Gasteiger partial charge on any atom is 0.232 e. The van der Waals surface area contributed by atoms with Crippen LogP contribution >= 0.6 is 0 Å². The largest absolute Gasteiger partial charge is 0.397 e. The fourth-order valence-electron chi connectivity index (χ4n) is 2.09. The highest BCUT2D eigenvalue weighted by Gasteiger charge is 2.15. The third-order valence-corrected chi connectivity index (χ3v) is 3.11. The maximum atomic E-state index is 12.4. The lowest BCUT2D eigenvalue weighted by molar-refractivity contribution is -0.118. The van der Waals surface area contributed by atoms with Crippen LogP contribution < -0.4 is 10.6 Å². The van der Waals surface area contributed by atoms with Gasteiger partial charge in [0.2, 0.25) is 5.91 Å². The molecule has 1 amide bonds. The zero-order valence-electron chi connectivity index (χ0n) is 11.8. The zero-order chi connectivity index (χ0) is 14.5. The van der Waals surface area contributed by atoms with Crippen molar-refractivity contribution in [1.82, 2.24) is 4.98 Å². The molecule has 2 aromatic rings. The number of nitrogen functional groups attached to an aromatic ring is 1. The van der Waals surface area contributed by atoms with Crippen molar-refractivity contribution in [1.29, 1.82) is 0 Å². The molecule has 0 bridgehead atoms. The summed E-state index contributed by atoms with van der Waals surface area (Å²) in [5.41, 5.74) is 8.99. The second-order valence-corrected chi connectivity index (χ2v) is 4.74. The number of nitrogens with zero attached hydrogens (tertiary/aromatic N) is 2. The van der Waals surface area contributed by atoms with Gasteiger partial charge in [0.05, 0.1) is 18.3 Å². The summed E-state index contributed by atoms with van der Waals surface area (Å²) in [5.74, 6) is 0.0374. The Morgan fingerprint density at radius 3 is 2.70 bits per heavy atom. The van der Waals surface area contributed by atoms with Gasteiger partial charge >= 0.3 is 0 Å². The van der Waals surface area contributed by atoms with Gasteiger partial charge in [0.15, 0.2) is 0 Å². The number of aryl methyl sites for hydroxylation is 1. The number of anilines is 2. The van der Waals surface area contributed by atoms with Gasteiger partial charge in [0.25, 0.3) is 0 Å². The van der Waals surface area contributed by atoms with E-state index in [-0.39, 0.29) is 12.3 Å². The van der Waals surface area contributed by atoms with Crippen molar-refractivity contribution in [3.8, 4) is 0 Å². The quantitative estimate of drug-likeness (QED) is 0.928. The molecule has 1 heterocycles. The predicted octanol–water partition coefficient (Wildman–Crippen LogP) is 2.57. The minimum Gasteiger partial charge on any atom is -0.397 e. The Labute approximate surface area is 119 Å². The van der Waals surface area contributed by atoms with E-state index < -0.39 is 0 Å². The number of hydrogen-bond donors (Lipinski definition) is 1. The van der Waals surface area contributed by atoms with Crippen LogP contribution in [0.1, 0.15) is 18.2 Å². The highest BCUT2D eigenvalue weighted by molar-refractivity contribution is 5.94. The van der Waals surface area contributed by atoms with Gasteiger partial charge in [0.1, 0.15) is 0 Å². The average molecular weight is 269 g/mol. The molecular weight excluding hydrogens is 250 g/mol. The Balaban J connectivity index is 2.15. The van der Waals surface area contributed by atoms with Crippen molar-refractivity contribution in [2.45, 2.75) is 20.3 Å². The molecule has 1 aromatic carbocycles. The summed E-state index contributed by atoms with van der Waals surface area (Å²) < 4.78 is 0. The van der Waals surface area contributed by atoms with Crippen molar-refractivity contribution in [3.05, 3.63) is 53.9 Å². The number of amides is 1. The molecule has 20 heavy (non-hydrogen) atoms.